The third-order valence-electron chi connectivity index (χ3n) is 10.8. The number of nitrogens with one attached hydrogen (secondary N) is 5. The molecule has 15 nitrogen and oxygen atoms in total. The fourth-order valence-electron chi connectivity index (χ4n) is 7.37. The van der Waals surface area contributed by atoms with E-state index in [1.165, 1.54) is 31.4 Å². The van der Waals surface area contributed by atoms with Crippen LogP contribution in [-0.4, -0.2) is 109 Å². The van der Waals surface area contributed by atoms with Gasteiger partial charge in [0.2, 0.25) is 5.91 Å². The Balaban J connectivity index is 0.000000262. The Morgan fingerprint density at radius 3 is 2.20 bits per heavy atom. The summed E-state index contributed by atoms with van der Waals surface area (Å²) in [6, 6.07) is 16.9. The molecule has 0 spiro atoms. The first kappa shape index (κ1) is 48.3. The molecule has 3 aromatic heterocycles. The molecule has 5 aromatic rings. The van der Waals surface area contributed by atoms with Gasteiger partial charge in [-0.15, -0.1) is 0 Å². The van der Waals surface area contributed by atoms with Gasteiger partial charge in [-0.3, -0.25) is 14.5 Å². The molecule has 64 heavy (non-hydrogen) atoms. The average Bonchev–Trinajstić information content (AvgIpc) is 4.11. The van der Waals surface area contributed by atoms with Crippen molar-refractivity contribution in [1.82, 2.24) is 45.8 Å². The Bertz CT molecular complexity index is 2370. The monoisotopic (exact) mass is 871 g/mol. The molecule has 1 aliphatic heterocycles. The zero-order chi connectivity index (χ0) is 45.5. The molecule has 2 aromatic carbocycles. The molecule has 2 aliphatic carbocycles. The fraction of sp³-hybridized carbons (Fsp3) is 0.367. The predicted molar refractivity (Wildman–Crippen MR) is 251 cm³/mol. The van der Waals surface area contributed by atoms with Crippen LogP contribution in [0.4, 0.5) is 4.79 Å². The van der Waals surface area contributed by atoms with Gasteiger partial charge >= 0.3 is 6.09 Å². The van der Waals surface area contributed by atoms with E-state index in [0.29, 0.717) is 31.9 Å². The molecule has 2 atom stereocenters. The van der Waals surface area contributed by atoms with Crippen LogP contribution in [0, 0.1) is 5.92 Å². The van der Waals surface area contributed by atoms with Crippen LogP contribution < -0.4 is 16.0 Å². The Kier molecular flexibility index (Phi) is 19.7. The van der Waals surface area contributed by atoms with Gasteiger partial charge < -0.3 is 40.2 Å². The van der Waals surface area contributed by atoms with Crippen molar-refractivity contribution >= 4 is 46.7 Å². The molecule has 8 rings (SSSR count). The Morgan fingerprint density at radius 1 is 0.891 bits per heavy atom. The number of methoxy groups -OCH3 is 2. The van der Waals surface area contributed by atoms with E-state index in [0.717, 1.165) is 96.8 Å². The molecule has 1 saturated heterocycles. The molecule has 1 fully saturated rings. The van der Waals surface area contributed by atoms with E-state index in [1.807, 2.05) is 30.5 Å². The highest BCUT2D eigenvalue weighted by Crippen LogP contribution is 2.31. The van der Waals surface area contributed by atoms with E-state index in [4.69, 9.17) is 14.8 Å². The zero-order valence-electron chi connectivity index (χ0n) is 37.2. The first-order valence-corrected chi connectivity index (χ1v) is 21.7. The Morgan fingerprint density at radius 2 is 1.58 bits per heavy atom. The molecular formula is C49H61N9O6. The lowest BCUT2D eigenvalue weighted by molar-refractivity contribution is -0.126. The largest absolute Gasteiger partial charge is 0.471 e. The predicted octanol–water partition coefficient (Wildman–Crippen LogP) is 7.32. The molecule has 338 valence electrons. The smallest absolute Gasteiger partial charge is 0.407 e. The summed E-state index contributed by atoms with van der Waals surface area (Å²) in [5, 5.41) is 10.6. The number of H-pyrrole nitrogens is 2. The lowest BCUT2D eigenvalue weighted by Gasteiger charge is -2.18. The number of allylic oxidation sites excluding steroid dienone is 6. The number of benzene rings is 2. The quantitative estimate of drug-likeness (QED) is 0.0426. The van der Waals surface area contributed by atoms with E-state index < -0.39 is 12.1 Å². The minimum Gasteiger partial charge on any atom is -0.471 e. The zero-order valence-corrected chi connectivity index (χ0v) is 37.2. The maximum absolute atomic E-state index is 11.5. The molecule has 4 heterocycles. The number of hydrogen-bond donors (Lipinski definition) is 5. The minimum atomic E-state index is -0.588. The van der Waals surface area contributed by atoms with Crippen molar-refractivity contribution in [2.75, 3.05) is 47.9 Å². The van der Waals surface area contributed by atoms with E-state index in [1.54, 1.807) is 7.05 Å². The highest BCUT2D eigenvalue weighted by Gasteiger charge is 2.26. The molecule has 5 N–H and O–H groups in total. The van der Waals surface area contributed by atoms with Crippen LogP contribution in [0.5, 0.6) is 0 Å². The number of unbranched alkanes of at least 4 members (excludes halogenated alkanes) is 1. The second-order valence-corrected chi connectivity index (χ2v) is 15.4. The van der Waals surface area contributed by atoms with Crippen LogP contribution in [0.1, 0.15) is 62.6 Å². The highest BCUT2D eigenvalue weighted by molar-refractivity contribution is 5.90. The number of carbonyl (C=O) groups is 4. The average molecular weight is 872 g/mol. The van der Waals surface area contributed by atoms with Crippen LogP contribution in [-0.2, 0) is 30.3 Å². The number of hydrogen-bond acceptors (Lipinski definition) is 11. The summed E-state index contributed by atoms with van der Waals surface area (Å²) < 4.78 is 8.28. The molecule has 0 saturated carbocycles. The summed E-state index contributed by atoms with van der Waals surface area (Å²) in [6.45, 7) is 2.52. The van der Waals surface area contributed by atoms with Gasteiger partial charge in [0.05, 0.1) is 55.9 Å². The van der Waals surface area contributed by atoms with Crippen LogP contribution >= 0.6 is 0 Å². The normalized spacial score (nSPS) is 15.8. The number of ether oxygens (including phenoxy) is 2. The molecular weight excluding hydrogens is 811 g/mol. The number of likely N-dealkylation sites (tertiary alicyclic amines) is 1. The third kappa shape index (κ3) is 14.7. The van der Waals surface area contributed by atoms with Crippen molar-refractivity contribution in [2.24, 2.45) is 5.92 Å². The van der Waals surface area contributed by atoms with Crippen molar-refractivity contribution < 1.29 is 28.7 Å². The number of alkyl carbamates (subject to hydrolysis) is 1. The van der Waals surface area contributed by atoms with Crippen molar-refractivity contribution in [1.29, 1.82) is 0 Å². The summed E-state index contributed by atoms with van der Waals surface area (Å²) in [5.74, 6) is 1.94. The SMILES string of the molecule is C1=CCC=CC1.CNCC(=O)NCCCCc1ncc(-c2ccc3cc(-c4ccc5[nH]c(C6CCCN6C)nc5n4)ccc3c2)[nH]1.COC(=O)NC(C=O)C1C=CCC=C1.COC=O. The fourth-order valence-corrected chi connectivity index (χ4v) is 7.37. The lowest BCUT2D eigenvalue weighted by Crippen LogP contribution is -2.40. The molecule has 0 bridgehead atoms. The first-order chi connectivity index (χ1) is 31.3. The molecule has 2 amide bonds. The van der Waals surface area contributed by atoms with Crippen LogP contribution in [0.3, 0.4) is 0 Å². The molecule has 0 radical (unpaired) electrons. The summed E-state index contributed by atoms with van der Waals surface area (Å²) in [7, 11) is 6.51. The van der Waals surface area contributed by atoms with Crippen LogP contribution in [0.15, 0.2) is 103 Å². The number of aryl methyl sites for hydroxylation is 1. The van der Waals surface area contributed by atoms with Crippen molar-refractivity contribution in [3.63, 3.8) is 0 Å². The first-order valence-electron chi connectivity index (χ1n) is 21.7. The maximum Gasteiger partial charge on any atom is 0.407 e. The number of rotatable bonds is 14. The van der Waals surface area contributed by atoms with Gasteiger partial charge in [0.15, 0.2) is 5.65 Å². The van der Waals surface area contributed by atoms with Crippen LogP contribution in [0.25, 0.3) is 44.5 Å². The van der Waals surface area contributed by atoms with Gasteiger partial charge in [-0.05, 0) is 101 Å². The third-order valence-corrected chi connectivity index (χ3v) is 10.8. The van der Waals surface area contributed by atoms with Crippen molar-refractivity contribution in [2.45, 2.75) is 63.5 Å². The van der Waals surface area contributed by atoms with E-state index in [2.05, 4.69) is 125 Å². The Labute approximate surface area is 374 Å². The van der Waals surface area contributed by atoms with E-state index >= 15 is 0 Å². The van der Waals surface area contributed by atoms with E-state index in [-0.39, 0.29) is 11.8 Å². The van der Waals surface area contributed by atoms with Gasteiger partial charge in [0.1, 0.15) is 17.9 Å². The summed E-state index contributed by atoms with van der Waals surface area (Å²) in [6.07, 6.45) is 26.7. The van der Waals surface area contributed by atoms with Gasteiger partial charge in [0, 0.05) is 30.0 Å². The van der Waals surface area contributed by atoms with Crippen molar-refractivity contribution in [3.8, 4) is 22.5 Å². The number of likely N-dealkylation sites (N-methyl/N-ethyl adjacent to an activating group) is 1. The van der Waals surface area contributed by atoms with Gasteiger partial charge in [-0.1, -0.05) is 72.9 Å². The summed E-state index contributed by atoms with van der Waals surface area (Å²) >= 11 is 0. The minimum absolute atomic E-state index is 0.0301. The number of amides is 2. The lowest BCUT2D eigenvalue weighted by atomic mass is 9.96. The second kappa shape index (κ2) is 26.0. The Hall–Kier alpha value is -6.71. The number of carbonyl (C=O) groups excluding carboxylic acids is 4. The number of aldehydes is 1. The standard InChI is InChI=1S/C31H36N8O.C10H13NO3.C6H8.C2H4O2/c1-32-19-29(40)33-14-4-3-7-28-34-18-26(35-28)23-11-9-20-16-22(10-8-21(20)17-23)24-12-13-25-30(36-24)38-31(37-25)27-6-5-15-39(27)2;1-14-10(13)11-9(7-12)8-5-3-2-4-6-8;1-2-4-6-5-3-1;1-4-2-3/h8-13,16-18,27,32H,3-7,14-15,19H2,1-2H3,(H,33,40)(H,34,35)(H,36,37,38);3-9H,2H2,1H3,(H,11,13);1-2,5-6H,3-4H2;2H,1H3. The summed E-state index contributed by atoms with van der Waals surface area (Å²) in [5.41, 5.74) is 5.89. The van der Waals surface area contributed by atoms with Gasteiger partial charge in [0.25, 0.3) is 6.47 Å². The number of pyridine rings is 1. The molecule has 3 aliphatic rings. The number of fused-ring (bicyclic) bond motifs is 2. The highest BCUT2D eigenvalue weighted by atomic mass is 16.5. The molecule has 2 unspecified atom stereocenters. The van der Waals surface area contributed by atoms with Crippen LogP contribution in [0.2, 0.25) is 0 Å². The number of imidazole rings is 2. The van der Waals surface area contributed by atoms with Gasteiger partial charge in [-0.25, -0.2) is 19.7 Å². The topological polar surface area (TPSA) is 196 Å². The molecule has 15 heteroatoms. The second-order valence-electron chi connectivity index (χ2n) is 15.4. The summed E-state index contributed by atoms with van der Waals surface area (Å²) in [4.78, 5) is 65.7. The van der Waals surface area contributed by atoms with Gasteiger partial charge in [-0.2, -0.15) is 0 Å². The van der Waals surface area contributed by atoms with E-state index in [9.17, 15) is 14.4 Å². The maximum atomic E-state index is 11.5. The number of aromatic amines is 2. The number of nitrogens with zero attached hydrogens (tertiary/aromatic N) is 4. The number of aromatic nitrogens is 5. The van der Waals surface area contributed by atoms with Crippen molar-refractivity contribution in [3.05, 3.63) is 115 Å².